The third-order valence-corrected chi connectivity index (χ3v) is 3.09. The second-order valence-electron chi connectivity index (χ2n) is 3.79. The monoisotopic (exact) mass is 261 g/mol. The highest BCUT2D eigenvalue weighted by molar-refractivity contribution is 7.80. The zero-order chi connectivity index (χ0) is 11.6. The maximum atomic E-state index is 6.11. The van der Waals surface area contributed by atoms with Crippen LogP contribution in [0.1, 0.15) is 25.3 Å². The molecule has 0 aliphatic carbocycles. The van der Waals surface area contributed by atoms with Crippen molar-refractivity contribution in [2.75, 3.05) is 0 Å². The van der Waals surface area contributed by atoms with Gasteiger partial charge in [-0.3, -0.25) is 0 Å². The van der Waals surface area contributed by atoms with E-state index in [-0.39, 0.29) is 5.92 Å². The van der Waals surface area contributed by atoms with Gasteiger partial charge in [-0.25, -0.2) is 0 Å². The normalized spacial score (nSPS) is 12.9. The summed E-state index contributed by atoms with van der Waals surface area (Å²) < 4.78 is 0. The lowest BCUT2D eigenvalue weighted by Crippen LogP contribution is -2.24. The van der Waals surface area contributed by atoms with Crippen LogP contribution in [0.25, 0.3) is 0 Å². The molecule has 0 bridgehead atoms. The number of halogens is 2. The van der Waals surface area contributed by atoms with E-state index in [1.54, 1.807) is 12.1 Å². The van der Waals surface area contributed by atoms with Crippen LogP contribution in [0.4, 0.5) is 0 Å². The molecule has 0 saturated carbocycles. The summed E-state index contributed by atoms with van der Waals surface area (Å²) in [5.74, 6) is 0.325. The van der Waals surface area contributed by atoms with Crippen molar-refractivity contribution in [3.63, 3.8) is 0 Å². The Hall–Kier alpha value is -0.310. The zero-order valence-electron chi connectivity index (χ0n) is 8.63. The van der Waals surface area contributed by atoms with Crippen molar-refractivity contribution >= 4 is 40.4 Å². The van der Waals surface area contributed by atoms with E-state index in [9.17, 15) is 0 Å². The van der Waals surface area contributed by atoms with Crippen molar-refractivity contribution in [1.29, 1.82) is 0 Å². The van der Waals surface area contributed by atoms with Crippen molar-refractivity contribution in [2.45, 2.75) is 19.8 Å². The predicted molar refractivity (Wildman–Crippen MR) is 70.8 cm³/mol. The number of hydrogen-bond acceptors (Lipinski definition) is 1. The average Bonchev–Trinajstić information content (AvgIpc) is 2.08. The van der Waals surface area contributed by atoms with Gasteiger partial charge in [0, 0.05) is 16.0 Å². The van der Waals surface area contributed by atoms with Crippen molar-refractivity contribution in [1.82, 2.24) is 0 Å². The van der Waals surface area contributed by atoms with Crippen molar-refractivity contribution in [3.8, 4) is 0 Å². The Balaban J connectivity index is 3.17. The first-order chi connectivity index (χ1) is 6.93. The van der Waals surface area contributed by atoms with E-state index >= 15 is 0 Å². The molecule has 1 rings (SSSR count). The van der Waals surface area contributed by atoms with E-state index in [0.717, 1.165) is 5.56 Å². The smallest absolute Gasteiger partial charge is 0.0806 e. The van der Waals surface area contributed by atoms with Gasteiger partial charge >= 0.3 is 0 Å². The van der Waals surface area contributed by atoms with Gasteiger partial charge in [-0.05, 0) is 23.6 Å². The first-order valence-corrected chi connectivity index (χ1v) is 5.84. The minimum Gasteiger partial charge on any atom is -0.393 e. The van der Waals surface area contributed by atoms with Crippen molar-refractivity contribution in [2.24, 2.45) is 11.7 Å². The number of rotatable bonds is 3. The molecule has 1 aromatic rings. The van der Waals surface area contributed by atoms with E-state index in [1.165, 1.54) is 0 Å². The largest absolute Gasteiger partial charge is 0.393 e. The molecule has 2 N–H and O–H groups in total. The molecular weight excluding hydrogens is 249 g/mol. The molecule has 0 radical (unpaired) electrons. The third kappa shape index (κ3) is 3.07. The second-order valence-corrected chi connectivity index (χ2v) is 5.10. The Kier molecular flexibility index (Phi) is 4.38. The van der Waals surface area contributed by atoms with Crippen molar-refractivity contribution < 1.29 is 0 Å². The lowest BCUT2D eigenvalue weighted by atomic mass is 9.88. The Labute approximate surface area is 106 Å². The molecule has 1 aromatic carbocycles. The van der Waals surface area contributed by atoms with Crippen LogP contribution >= 0.6 is 35.4 Å². The van der Waals surface area contributed by atoms with Crippen LogP contribution in [-0.2, 0) is 0 Å². The van der Waals surface area contributed by atoms with E-state index in [2.05, 4.69) is 13.8 Å². The fraction of sp³-hybridized carbons (Fsp3) is 0.364. The minimum absolute atomic E-state index is 0.00441. The molecule has 0 aliphatic rings. The van der Waals surface area contributed by atoms with Crippen LogP contribution in [0.3, 0.4) is 0 Å². The Morgan fingerprint density at radius 2 is 1.93 bits per heavy atom. The van der Waals surface area contributed by atoms with Gasteiger partial charge in [0.1, 0.15) is 0 Å². The van der Waals surface area contributed by atoms with Gasteiger partial charge < -0.3 is 5.73 Å². The lowest BCUT2D eigenvalue weighted by Gasteiger charge is -2.21. The minimum atomic E-state index is 0.00441. The number of hydrogen-bond donors (Lipinski definition) is 1. The van der Waals surface area contributed by atoms with E-state index in [1.807, 2.05) is 6.07 Å². The average molecular weight is 262 g/mol. The predicted octanol–water partition coefficient (Wildman–Crippen LogP) is 4.02. The van der Waals surface area contributed by atoms with Gasteiger partial charge in [-0.2, -0.15) is 0 Å². The molecular formula is C11H13Cl2NS. The molecule has 0 saturated heterocycles. The summed E-state index contributed by atoms with van der Waals surface area (Å²) >= 11 is 17.0. The maximum Gasteiger partial charge on any atom is 0.0806 e. The molecule has 0 aliphatic heterocycles. The number of nitrogens with two attached hydrogens (primary N) is 1. The van der Waals surface area contributed by atoms with Gasteiger partial charge in [0.15, 0.2) is 0 Å². The van der Waals surface area contributed by atoms with Crippen LogP contribution in [0, 0.1) is 5.92 Å². The number of benzene rings is 1. The Bertz CT molecular complexity index is 377. The highest BCUT2D eigenvalue weighted by Gasteiger charge is 2.21. The molecule has 82 valence electrons. The summed E-state index contributed by atoms with van der Waals surface area (Å²) in [6.45, 7) is 4.13. The molecule has 0 amide bonds. The molecule has 1 atom stereocenters. The van der Waals surface area contributed by atoms with Gasteiger partial charge in [0.25, 0.3) is 0 Å². The van der Waals surface area contributed by atoms with Crippen molar-refractivity contribution in [3.05, 3.63) is 33.8 Å². The fourth-order valence-corrected chi connectivity index (χ4v) is 2.52. The van der Waals surface area contributed by atoms with Crippen LogP contribution in [0.15, 0.2) is 18.2 Å². The van der Waals surface area contributed by atoms with Crippen LogP contribution in [0.2, 0.25) is 10.0 Å². The zero-order valence-corrected chi connectivity index (χ0v) is 11.0. The van der Waals surface area contributed by atoms with Crippen LogP contribution in [0.5, 0.6) is 0 Å². The van der Waals surface area contributed by atoms with E-state index in [4.69, 9.17) is 41.2 Å². The molecule has 0 aromatic heterocycles. The Morgan fingerprint density at radius 1 is 1.33 bits per heavy atom. The second kappa shape index (κ2) is 5.15. The molecule has 4 heteroatoms. The quantitative estimate of drug-likeness (QED) is 0.832. The lowest BCUT2D eigenvalue weighted by molar-refractivity contribution is 0.605. The molecule has 0 spiro atoms. The molecule has 1 unspecified atom stereocenters. The fourth-order valence-electron chi connectivity index (χ4n) is 1.59. The molecule has 1 nitrogen and oxygen atoms in total. The Morgan fingerprint density at radius 3 is 2.33 bits per heavy atom. The van der Waals surface area contributed by atoms with Gasteiger partial charge in [-0.15, -0.1) is 0 Å². The highest BCUT2D eigenvalue weighted by atomic mass is 35.5. The van der Waals surface area contributed by atoms with Gasteiger partial charge in [-0.1, -0.05) is 55.3 Å². The summed E-state index contributed by atoms with van der Waals surface area (Å²) in [5.41, 5.74) is 6.66. The van der Waals surface area contributed by atoms with Crippen LogP contribution < -0.4 is 5.73 Å². The first-order valence-electron chi connectivity index (χ1n) is 4.67. The summed E-state index contributed by atoms with van der Waals surface area (Å²) in [4.78, 5) is 0.467. The SMILES string of the molecule is CC(C)C(C(N)=S)c1ccc(Cl)cc1Cl. The summed E-state index contributed by atoms with van der Waals surface area (Å²) in [7, 11) is 0. The van der Waals surface area contributed by atoms with Crippen LogP contribution in [-0.4, -0.2) is 4.99 Å². The summed E-state index contributed by atoms with van der Waals surface area (Å²) in [6.07, 6.45) is 0. The summed E-state index contributed by atoms with van der Waals surface area (Å²) in [5, 5.41) is 1.24. The maximum absolute atomic E-state index is 6.11. The van der Waals surface area contributed by atoms with Gasteiger partial charge in [0.2, 0.25) is 0 Å². The summed E-state index contributed by atoms with van der Waals surface area (Å²) in [6, 6.07) is 5.40. The highest BCUT2D eigenvalue weighted by Crippen LogP contribution is 2.32. The first kappa shape index (κ1) is 12.8. The van der Waals surface area contributed by atoms with E-state index < -0.39 is 0 Å². The standard InChI is InChI=1S/C11H13Cl2NS/c1-6(2)10(11(14)15)8-4-3-7(12)5-9(8)13/h3-6,10H,1-2H3,(H2,14,15). The molecule has 0 fully saturated rings. The van der Waals surface area contributed by atoms with E-state index in [0.29, 0.717) is 21.0 Å². The molecule has 15 heavy (non-hydrogen) atoms. The van der Waals surface area contributed by atoms with Gasteiger partial charge in [0.05, 0.1) is 4.99 Å². The number of thiocarbonyl (C=S) groups is 1. The topological polar surface area (TPSA) is 26.0 Å². The third-order valence-electron chi connectivity index (χ3n) is 2.27. The molecule has 0 heterocycles.